The van der Waals surface area contributed by atoms with Gasteiger partial charge in [0, 0.05) is 5.75 Å². The fourth-order valence-corrected chi connectivity index (χ4v) is 0.981. The molecular formula is C4H10KNO3S. The second kappa shape index (κ2) is 7.17. The van der Waals surface area contributed by atoms with Gasteiger partial charge in [0.15, 0.2) is 0 Å². The van der Waals surface area contributed by atoms with Crippen LogP contribution in [0.2, 0.25) is 0 Å². The minimum Gasteiger partial charge on any atom is -0.748 e. The van der Waals surface area contributed by atoms with E-state index in [4.69, 9.17) is 5.73 Å². The molecule has 0 aromatic carbocycles. The summed E-state index contributed by atoms with van der Waals surface area (Å²) in [6, 6.07) is 0. The van der Waals surface area contributed by atoms with Crippen LogP contribution in [0.3, 0.4) is 0 Å². The molecule has 0 fully saturated rings. The molecule has 10 heavy (non-hydrogen) atoms. The van der Waals surface area contributed by atoms with Crippen molar-refractivity contribution in [3.63, 3.8) is 0 Å². The maximum atomic E-state index is 9.91. The summed E-state index contributed by atoms with van der Waals surface area (Å²) in [7, 11) is -4.00. The molecule has 0 aliphatic carbocycles. The maximum Gasteiger partial charge on any atom is 1.00 e. The van der Waals surface area contributed by atoms with Crippen LogP contribution < -0.4 is 57.1 Å². The molecule has 0 unspecified atom stereocenters. The Morgan fingerprint density at radius 1 is 1.30 bits per heavy atom. The summed E-state index contributed by atoms with van der Waals surface area (Å²) >= 11 is 0. The summed E-state index contributed by atoms with van der Waals surface area (Å²) in [6.45, 7) is 0.440. The van der Waals surface area contributed by atoms with Gasteiger partial charge in [-0.05, 0) is 19.4 Å². The molecule has 0 aromatic rings. The molecule has 0 bridgehead atoms. The molecule has 0 heterocycles. The summed E-state index contributed by atoms with van der Waals surface area (Å²) in [4.78, 5) is 0. The molecular weight excluding hydrogens is 181 g/mol. The first-order valence-electron chi connectivity index (χ1n) is 2.70. The van der Waals surface area contributed by atoms with Crippen molar-refractivity contribution in [3.05, 3.63) is 0 Å². The third kappa shape index (κ3) is 12.2. The van der Waals surface area contributed by atoms with Gasteiger partial charge >= 0.3 is 51.4 Å². The van der Waals surface area contributed by atoms with E-state index >= 15 is 0 Å². The van der Waals surface area contributed by atoms with Crippen LogP contribution >= 0.6 is 0 Å². The molecule has 0 atom stereocenters. The van der Waals surface area contributed by atoms with E-state index in [1.165, 1.54) is 0 Å². The molecule has 0 rings (SSSR count). The van der Waals surface area contributed by atoms with Crippen LogP contribution in [0, 0.1) is 0 Å². The van der Waals surface area contributed by atoms with E-state index in [0.717, 1.165) is 0 Å². The Hall–Kier alpha value is 1.51. The van der Waals surface area contributed by atoms with Crippen molar-refractivity contribution in [3.8, 4) is 0 Å². The van der Waals surface area contributed by atoms with Crippen molar-refractivity contribution in [1.82, 2.24) is 0 Å². The van der Waals surface area contributed by atoms with Gasteiger partial charge in [0.2, 0.25) is 0 Å². The Morgan fingerprint density at radius 2 is 1.80 bits per heavy atom. The van der Waals surface area contributed by atoms with Crippen LogP contribution in [-0.4, -0.2) is 25.3 Å². The van der Waals surface area contributed by atoms with Gasteiger partial charge in [-0.3, -0.25) is 0 Å². The Bertz CT molecular complexity index is 156. The quantitative estimate of drug-likeness (QED) is 0.281. The molecule has 2 N–H and O–H groups in total. The van der Waals surface area contributed by atoms with Crippen molar-refractivity contribution in [2.24, 2.45) is 5.73 Å². The Labute approximate surface area is 104 Å². The van der Waals surface area contributed by atoms with Crippen LogP contribution in [0.5, 0.6) is 0 Å². The zero-order valence-electron chi connectivity index (χ0n) is 6.04. The fraction of sp³-hybridized carbons (Fsp3) is 1.00. The van der Waals surface area contributed by atoms with Crippen molar-refractivity contribution < 1.29 is 64.4 Å². The number of hydrogen-bond donors (Lipinski definition) is 1. The molecule has 6 heteroatoms. The number of hydrogen-bond acceptors (Lipinski definition) is 4. The van der Waals surface area contributed by atoms with Gasteiger partial charge in [0.1, 0.15) is 0 Å². The van der Waals surface area contributed by atoms with Gasteiger partial charge < -0.3 is 10.3 Å². The average Bonchev–Trinajstić information content (AvgIpc) is 1.63. The van der Waals surface area contributed by atoms with Crippen molar-refractivity contribution >= 4 is 10.1 Å². The predicted octanol–water partition coefficient (Wildman–Crippen LogP) is -3.73. The first-order chi connectivity index (χ1) is 4.06. The molecule has 0 saturated heterocycles. The standard InChI is InChI=1S/C4H11NO3S.K/c5-3-1-2-4-9(6,7)8;/h1-5H2,(H,6,7,8);/q;+1/p-1. The minimum atomic E-state index is -4.00. The third-order valence-electron chi connectivity index (χ3n) is 0.848. The Morgan fingerprint density at radius 3 is 2.10 bits per heavy atom. The summed E-state index contributed by atoms with van der Waals surface area (Å²) in [6.07, 6.45) is 0.976. The zero-order valence-corrected chi connectivity index (χ0v) is 9.98. The van der Waals surface area contributed by atoms with Crippen LogP contribution in [0.4, 0.5) is 0 Å². The molecule has 0 amide bonds. The van der Waals surface area contributed by atoms with E-state index in [2.05, 4.69) is 0 Å². The molecule has 56 valence electrons. The van der Waals surface area contributed by atoms with Crippen molar-refractivity contribution in [2.45, 2.75) is 12.8 Å². The monoisotopic (exact) mass is 191 g/mol. The van der Waals surface area contributed by atoms with Gasteiger partial charge in [-0.15, -0.1) is 0 Å². The molecule has 0 radical (unpaired) electrons. The average molecular weight is 191 g/mol. The molecule has 0 aromatic heterocycles. The van der Waals surface area contributed by atoms with Crippen LogP contribution in [0.15, 0.2) is 0 Å². The van der Waals surface area contributed by atoms with E-state index < -0.39 is 10.1 Å². The second-order valence-electron chi connectivity index (χ2n) is 1.76. The first-order valence-corrected chi connectivity index (χ1v) is 4.27. The third-order valence-corrected chi connectivity index (χ3v) is 1.64. The minimum absolute atomic E-state index is 0. The second-order valence-corrected chi connectivity index (χ2v) is 3.28. The van der Waals surface area contributed by atoms with Crippen LogP contribution in [0.1, 0.15) is 12.8 Å². The summed E-state index contributed by atoms with van der Waals surface area (Å²) in [5.41, 5.74) is 5.06. The van der Waals surface area contributed by atoms with Gasteiger partial charge in [-0.2, -0.15) is 0 Å². The normalized spacial score (nSPS) is 10.6. The molecule has 0 saturated carbocycles. The van der Waals surface area contributed by atoms with Gasteiger partial charge in [0.25, 0.3) is 0 Å². The number of unbranched alkanes of at least 4 members (excludes halogenated alkanes) is 1. The van der Waals surface area contributed by atoms with E-state index in [9.17, 15) is 13.0 Å². The van der Waals surface area contributed by atoms with E-state index in [-0.39, 0.29) is 57.1 Å². The Balaban J connectivity index is 0. The zero-order chi connectivity index (χ0) is 7.33. The van der Waals surface area contributed by atoms with E-state index in [1.54, 1.807) is 0 Å². The van der Waals surface area contributed by atoms with Crippen LogP contribution in [-0.2, 0) is 10.1 Å². The van der Waals surface area contributed by atoms with Crippen molar-refractivity contribution in [1.29, 1.82) is 0 Å². The van der Waals surface area contributed by atoms with E-state index in [1.807, 2.05) is 0 Å². The first kappa shape index (κ1) is 14.1. The summed E-state index contributed by atoms with van der Waals surface area (Å²) in [5, 5.41) is 0. The summed E-state index contributed by atoms with van der Waals surface area (Å²) in [5.74, 6) is -0.288. The Kier molecular flexibility index (Phi) is 10.1. The van der Waals surface area contributed by atoms with Gasteiger partial charge in [-0.25, -0.2) is 8.42 Å². The largest absolute Gasteiger partial charge is 1.00 e. The number of nitrogens with two attached hydrogens (primary N) is 1. The van der Waals surface area contributed by atoms with E-state index in [0.29, 0.717) is 19.4 Å². The van der Waals surface area contributed by atoms with Crippen molar-refractivity contribution in [2.75, 3.05) is 12.3 Å². The number of rotatable bonds is 4. The molecule has 4 nitrogen and oxygen atoms in total. The maximum absolute atomic E-state index is 9.91. The topological polar surface area (TPSA) is 83.2 Å². The van der Waals surface area contributed by atoms with Crippen LogP contribution in [0.25, 0.3) is 0 Å². The molecule has 0 spiro atoms. The van der Waals surface area contributed by atoms with Gasteiger partial charge in [-0.1, -0.05) is 0 Å². The predicted molar refractivity (Wildman–Crippen MR) is 32.9 cm³/mol. The SMILES string of the molecule is NCCCCS(=O)(=O)[O-].[K+]. The molecule has 0 aliphatic rings. The summed E-state index contributed by atoms with van der Waals surface area (Å²) < 4.78 is 29.7. The smallest absolute Gasteiger partial charge is 0.748 e. The fourth-order valence-electron chi connectivity index (χ4n) is 0.423. The molecule has 0 aliphatic heterocycles. The van der Waals surface area contributed by atoms with Gasteiger partial charge in [0.05, 0.1) is 10.1 Å².